The average Bonchev–Trinajstić information content (AvgIpc) is 2.00. The summed E-state index contributed by atoms with van der Waals surface area (Å²) in [5.41, 5.74) is 0. The van der Waals surface area contributed by atoms with E-state index in [9.17, 15) is 18.0 Å². The second-order valence-corrected chi connectivity index (χ2v) is 3.85. The third kappa shape index (κ3) is 8.34. The maximum Gasteiger partial charge on any atom is 0.389 e. The molecule has 0 aromatic rings. The van der Waals surface area contributed by atoms with E-state index in [2.05, 4.69) is 21.2 Å². The van der Waals surface area contributed by atoms with Gasteiger partial charge < -0.3 is 5.32 Å². The van der Waals surface area contributed by atoms with E-state index in [1.54, 1.807) is 6.92 Å². The lowest BCUT2D eigenvalue weighted by molar-refractivity contribution is -0.144. The zero-order valence-electron chi connectivity index (χ0n) is 7.83. The Morgan fingerprint density at radius 1 is 1.50 bits per heavy atom. The minimum Gasteiger partial charge on any atom is -0.354 e. The number of hydrogen-bond donors (Lipinski definition) is 1. The molecule has 0 aliphatic carbocycles. The number of carbonyl (C=O) groups is 1. The Labute approximate surface area is 89.4 Å². The number of alkyl halides is 4. The molecule has 0 aromatic carbocycles. The van der Waals surface area contributed by atoms with Crippen molar-refractivity contribution in [2.45, 2.75) is 38.4 Å². The van der Waals surface area contributed by atoms with Crippen molar-refractivity contribution in [2.24, 2.45) is 0 Å². The van der Waals surface area contributed by atoms with Crippen LogP contribution in [-0.4, -0.2) is 23.5 Å². The number of halogens is 4. The average molecular weight is 276 g/mol. The summed E-state index contributed by atoms with van der Waals surface area (Å²) in [6, 6.07) is -0.0879. The largest absolute Gasteiger partial charge is 0.389 e. The van der Waals surface area contributed by atoms with Crippen LogP contribution in [0.5, 0.6) is 0 Å². The maximum absolute atomic E-state index is 11.7. The van der Waals surface area contributed by atoms with E-state index in [0.717, 1.165) is 0 Å². The molecule has 14 heavy (non-hydrogen) atoms. The quantitative estimate of drug-likeness (QED) is 0.768. The smallest absolute Gasteiger partial charge is 0.354 e. The van der Waals surface area contributed by atoms with Crippen molar-refractivity contribution in [2.75, 3.05) is 5.33 Å². The Bertz CT molecular complexity index is 184. The summed E-state index contributed by atoms with van der Waals surface area (Å²) in [6.45, 7) is 1.76. The summed E-state index contributed by atoms with van der Waals surface area (Å²) in [4.78, 5) is 10.9. The van der Waals surface area contributed by atoms with Gasteiger partial charge in [-0.25, -0.2) is 0 Å². The van der Waals surface area contributed by atoms with Crippen LogP contribution < -0.4 is 5.32 Å². The first kappa shape index (κ1) is 13.7. The Balaban J connectivity index is 3.65. The van der Waals surface area contributed by atoms with Crippen molar-refractivity contribution in [1.29, 1.82) is 0 Å². The van der Waals surface area contributed by atoms with Crippen LogP contribution >= 0.6 is 15.9 Å². The molecule has 0 fully saturated rings. The fourth-order valence-corrected chi connectivity index (χ4v) is 1.52. The predicted octanol–water partition coefficient (Wildman–Crippen LogP) is 2.62. The van der Waals surface area contributed by atoms with Crippen molar-refractivity contribution in [3.63, 3.8) is 0 Å². The van der Waals surface area contributed by atoms with E-state index in [1.807, 2.05) is 0 Å². The molecule has 0 rings (SSSR count). The highest BCUT2D eigenvalue weighted by atomic mass is 79.9. The summed E-state index contributed by atoms with van der Waals surface area (Å²) < 4.78 is 35.1. The number of rotatable bonds is 5. The first-order valence-corrected chi connectivity index (χ1v) is 5.39. The Morgan fingerprint density at radius 2 is 2.07 bits per heavy atom. The van der Waals surface area contributed by atoms with E-state index in [4.69, 9.17) is 0 Å². The molecular formula is C8H13BrF3NO. The van der Waals surface area contributed by atoms with Crippen LogP contribution in [0.25, 0.3) is 0 Å². The van der Waals surface area contributed by atoms with Gasteiger partial charge in [0.25, 0.3) is 0 Å². The van der Waals surface area contributed by atoms with Gasteiger partial charge in [-0.3, -0.25) is 4.79 Å². The third-order valence-electron chi connectivity index (χ3n) is 1.59. The van der Waals surface area contributed by atoms with E-state index >= 15 is 0 Å². The van der Waals surface area contributed by atoms with Crippen molar-refractivity contribution >= 4 is 21.8 Å². The molecule has 0 heterocycles. The second-order valence-electron chi connectivity index (χ2n) is 3.06. The topological polar surface area (TPSA) is 29.1 Å². The van der Waals surface area contributed by atoms with Gasteiger partial charge in [0.1, 0.15) is 0 Å². The van der Waals surface area contributed by atoms with E-state index in [-0.39, 0.29) is 6.04 Å². The van der Waals surface area contributed by atoms with Crippen LogP contribution in [-0.2, 0) is 4.79 Å². The molecular weight excluding hydrogens is 263 g/mol. The van der Waals surface area contributed by atoms with Crippen LogP contribution in [0.1, 0.15) is 26.2 Å². The van der Waals surface area contributed by atoms with Gasteiger partial charge in [-0.2, -0.15) is 13.2 Å². The van der Waals surface area contributed by atoms with Crippen LogP contribution in [0, 0.1) is 0 Å². The van der Waals surface area contributed by atoms with Crippen molar-refractivity contribution in [1.82, 2.24) is 5.32 Å². The fourth-order valence-electron chi connectivity index (χ4n) is 0.838. The van der Waals surface area contributed by atoms with Gasteiger partial charge in [0.2, 0.25) is 5.91 Å². The van der Waals surface area contributed by atoms with Crippen LogP contribution in [0.3, 0.4) is 0 Å². The second kappa shape index (κ2) is 6.27. The number of nitrogens with one attached hydrogen (secondary N) is 1. The third-order valence-corrected chi connectivity index (χ3v) is 2.04. The lowest BCUT2D eigenvalue weighted by Crippen LogP contribution is -2.33. The van der Waals surface area contributed by atoms with Crippen LogP contribution in [0.15, 0.2) is 0 Å². The van der Waals surface area contributed by atoms with Gasteiger partial charge in [0, 0.05) is 17.8 Å². The molecule has 0 aliphatic rings. The van der Waals surface area contributed by atoms with Crippen LogP contribution in [0.2, 0.25) is 0 Å². The molecule has 84 valence electrons. The Morgan fingerprint density at radius 3 is 2.50 bits per heavy atom. The highest BCUT2D eigenvalue weighted by Gasteiger charge is 2.27. The fraction of sp³-hybridized carbons (Fsp3) is 0.875. The molecule has 0 aliphatic heterocycles. The van der Waals surface area contributed by atoms with Gasteiger partial charge in [0.15, 0.2) is 0 Å². The Hall–Kier alpha value is -0.260. The van der Waals surface area contributed by atoms with E-state index in [0.29, 0.717) is 11.8 Å². The molecule has 0 spiro atoms. The molecule has 0 bridgehead atoms. The first-order valence-electron chi connectivity index (χ1n) is 4.27. The standard InChI is InChI=1S/C8H13BrF3NO/c1-6(3-5-9)13-7(14)2-4-8(10,11)12/h6H,2-5H2,1H3,(H,13,14). The molecule has 0 aromatic heterocycles. The zero-order chi connectivity index (χ0) is 11.2. The minimum absolute atomic E-state index is 0.0879. The highest BCUT2D eigenvalue weighted by molar-refractivity contribution is 9.09. The SMILES string of the molecule is CC(CCBr)NC(=O)CCC(F)(F)F. The lowest BCUT2D eigenvalue weighted by Gasteiger charge is -2.12. The van der Waals surface area contributed by atoms with Crippen molar-refractivity contribution < 1.29 is 18.0 Å². The molecule has 1 N–H and O–H groups in total. The molecule has 0 radical (unpaired) electrons. The normalized spacial score (nSPS) is 13.8. The van der Waals surface area contributed by atoms with Crippen LogP contribution in [0.4, 0.5) is 13.2 Å². The summed E-state index contributed by atoms with van der Waals surface area (Å²) in [5.74, 6) is -0.546. The van der Waals surface area contributed by atoms with E-state index in [1.165, 1.54) is 0 Å². The lowest BCUT2D eigenvalue weighted by atomic mass is 10.2. The summed E-state index contributed by atoms with van der Waals surface area (Å²) in [6.07, 6.45) is -5.09. The summed E-state index contributed by atoms with van der Waals surface area (Å²) >= 11 is 3.18. The number of amides is 1. The molecule has 1 unspecified atom stereocenters. The molecule has 6 heteroatoms. The van der Waals surface area contributed by atoms with Gasteiger partial charge in [-0.05, 0) is 13.3 Å². The summed E-state index contributed by atoms with van der Waals surface area (Å²) in [5, 5.41) is 3.20. The zero-order valence-corrected chi connectivity index (χ0v) is 9.41. The molecule has 1 amide bonds. The van der Waals surface area contributed by atoms with Gasteiger partial charge in [-0.15, -0.1) is 0 Å². The first-order chi connectivity index (χ1) is 6.35. The van der Waals surface area contributed by atoms with Crippen molar-refractivity contribution in [3.8, 4) is 0 Å². The molecule has 1 atom stereocenters. The van der Waals surface area contributed by atoms with Gasteiger partial charge >= 0.3 is 6.18 Å². The molecule has 2 nitrogen and oxygen atoms in total. The number of carbonyl (C=O) groups excluding carboxylic acids is 1. The van der Waals surface area contributed by atoms with E-state index < -0.39 is 24.9 Å². The van der Waals surface area contributed by atoms with Gasteiger partial charge in [0.05, 0.1) is 6.42 Å². The summed E-state index contributed by atoms with van der Waals surface area (Å²) in [7, 11) is 0. The predicted molar refractivity (Wildman–Crippen MR) is 51.3 cm³/mol. The molecule has 0 saturated carbocycles. The minimum atomic E-state index is -4.25. The number of hydrogen-bond acceptors (Lipinski definition) is 1. The monoisotopic (exact) mass is 275 g/mol. The highest BCUT2D eigenvalue weighted by Crippen LogP contribution is 2.21. The molecule has 0 saturated heterocycles. The van der Waals surface area contributed by atoms with Crippen molar-refractivity contribution in [3.05, 3.63) is 0 Å². The Kier molecular flexibility index (Phi) is 6.15. The van der Waals surface area contributed by atoms with Gasteiger partial charge in [-0.1, -0.05) is 15.9 Å². The maximum atomic E-state index is 11.7.